The molecule has 0 bridgehead atoms. The number of carbonyl (C=O) groups is 1. The summed E-state index contributed by atoms with van der Waals surface area (Å²) in [4.78, 5) is 16.4. The third-order valence-corrected chi connectivity index (χ3v) is 3.14. The molecule has 1 N–H and O–H groups in total. The maximum Gasteiger partial charge on any atom is 0.274 e. The fourth-order valence-electron chi connectivity index (χ4n) is 1.77. The number of carbonyl (C=O) groups excluding carboxylic acids is 1. The molecule has 0 spiro atoms. The summed E-state index contributed by atoms with van der Waals surface area (Å²) < 4.78 is 2.08. The van der Waals surface area contributed by atoms with Gasteiger partial charge in [-0.2, -0.15) is 4.68 Å². The molecule has 1 amide bonds. The topological polar surface area (TPSA) is 85.6 Å². The van der Waals surface area contributed by atoms with E-state index in [9.17, 15) is 4.79 Å². The summed E-state index contributed by atoms with van der Waals surface area (Å²) in [7, 11) is 0. The average Bonchev–Trinajstić information content (AvgIpc) is 3.02. The zero-order valence-corrected chi connectivity index (χ0v) is 12.2. The highest BCUT2D eigenvalue weighted by Gasteiger charge is 2.11. The van der Waals surface area contributed by atoms with Crippen LogP contribution in [0.2, 0.25) is 0 Å². The van der Waals surface area contributed by atoms with Crippen LogP contribution in [0, 0.1) is 0 Å². The molecular weight excluding hydrogens is 336 g/mol. The van der Waals surface area contributed by atoms with Gasteiger partial charge in [-0.1, -0.05) is 18.2 Å². The Hall–Kier alpha value is -2.61. The van der Waals surface area contributed by atoms with Crippen LogP contribution in [0.25, 0.3) is 5.69 Å². The first-order valence-electron chi connectivity index (χ1n) is 6.00. The molecule has 1 aromatic carbocycles. The number of para-hydroxylation sites is 2. The molecule has 0 saturated carbocycles. The van der Waals surface area contributed by atoms with E-state index in [1.165, 1.54) is 11.0 Å². The van der Waals surface area contributed by atoms with Gasteiger partial charge in [-0.05, 0) is 50.6 Å². The molecule has 0 fully saturated rings. The van der Waals surface area contributed by atoms with Gasteiger partial charge in [-0.3, -0.25) is 4.79 Å². The Kier molecular flexibility index (Phi) is 3.69. The van der Waals surface area contributed by atoms with Crippen molar-refractivity contribution >= 4 is 27.5 Å². The van der Waals surface area contributed by atoms with Crippen molar-refractivity contribution < 1.29 is 4.79 Å². The average molecular weight is 345 g/mol. The summed E-state index contributed by atoms with van der Waals surface area (Å²) >= 11 is 3.24. The lowest BCUT2D eigenvalue weighted by atomic mass is 10.2. The second-order valence-electron chi connectivity index (χ2n) is 4.07. The van der Waals surface area contributed by atoms with Gasteiger partial charge in [0, 0.05) is 0 Å². The van der Waals surface area contributed by atoms with Crippen LogP contribution in [0.1, 0.15) is 10.5 Å². The van der Waals surface area contributed by atoms with E-state index in [4.69, 9.17) is 0 Å². The molecular formula is C13H9BrN6O. The number of hydrogen-bond acceptors (Lipinski definition) is 5. The van der Waals surface area contributed by atoms with E-state index in [-0.39, 0.29) is 5.91 Å². The number of rotatable bonds is 3. The lowest BCUT2D eigenvalue weighted by Gasteiger charge is -2.09. The van der Waals surface area contributed by atoms with E-state index in [0.717, 1.165) is 0 Å². The van der Waals surface area contributed by atoms with Crippen molar-refractivity contribution in [2.45, 2.75) is 0 Å². The normalized spacial score (nSPS) is 10.3. The van der Waals surface area contributed by atoms with Crippen LogP contribution in [0.4, 0.5) is 5.69 Å². The van der Waals surface area contributed by atoms with Gasteiger partial charge < -0.3 is 5.32 Å². The standard InChI is InChI=1S/C13H9BrN6O/c14-12-7-3-5-10(16-12)13(21)17-9-4-1-2-6-11(9)20-8-15-18-19-20/h1-8H,(H,17,21). The quantitative estimate of drug-likeness (QED) is 0.735. The number of amides is 1. The van der Waals surface area contributed by atoms with Gasteiger partial charge in [-0.15, -0.1) is 5.10 Å². The van der Waals surface area contributed by atoms with Gasteiger partial charge in [0.25, 0.3) is 5.91 Å². The third-order valence-electron chi connectivity index (χ3n) is 2.70. The molecule has 3 rings (SSSR count). The lowest BCUT2D eigenvalue weighted by Crippen LogP contribution is -2.15. The highest BCUT2D eigenvalue weighted by molar-refractivity contribution is 9.10. The van der Waals surface area contributed by atoms with Crippen LogP contribution in [-0.2, 0) is 0 Å². The molecule has 0 unspecified atom stereocenters. The van der Waals surface area contributed by atoms with Gasteiger partial charge in [0.1, 0.15) is 16.6 Å². The summed E-state index contributed by atoms with van der Waals surface area (Å²) in [6.07, 6.45) is 1.46. The van der Waals surface area contributed by atoms with Crippen molar-refractivity contribution in [1.29, 1.82) is 0 Å². The predicted molar refractivity (Wildman–Crippen MR) is 79.0 cm³/mol. The molecule has 7 nitrogen and oxygen atoms in total. The van der Waals surface area contributed by atoms with Crippen LogP contribution in [-0.4, -0.2) is 31.1 Å². The zero-order chi connectivity index (χ0) is 14.7. The number of pyridine rings is 1. The number of aromatic nitrogens is 5. The summed E-state index contributed by atoms with van der Waals surface area (Å²) in [6.45, 7) is 0. The summed E-state index contributed by atoms with van der Waals surface area (Å²) in [5.74, 6) is -0.308. The molecule has 2 aromatic heterocycles. The summed E-state index contributed by atoms with van der Waals surface area (Å²) in [6, 6.07) is 12.4. The van der Waals surface area contributed by atoms with Crippen molar-refractivity contribution in [1.82, 2.24) is 25.2 Å². The predicted octanol–water partition coefficient (Wildman–Crippen LogP) is 2.07. The second-order valence-corrected chi connectivity index (χ2v) is 4.88. The van der Waals surface area contributed by atoms with Gasteiger partial charge in [0.05, 0.1) is 11.4 Å². The zero-order valence-electron chi connectivity index (χ0n) is 10.6. The molecule has 104 valence electrons. The van der Waals surface area contributed by atoms with Crippen molar-refractivity contribution in [3.63, 3.8) is 0 Å². The molecule has 0 atom stereocenters. The number of nitrogens with zero attached hydrogens (tertiary/aromatic N) is 5. The van der Waals surface area contributed by atoms with Gasteiger partial charge in [-0.25, -0.2) is 4.98 Å². The van der Waals surface area contributed by atoms with E-state index in [1.807, 2.05) is 12.1 Å². The third kappa shape index (κ3) is 2.95. The Labute approximate surface area is 128 Å². The number of halogens is 1. The Morgan fingerprint density at radius 1 is 1.14 bits per heavy atom. The minimum Gasteiger partial charge on any atom is -0.319 e. The SMILES string of the molecule is O=C(Nc1ccccc1-n1cnnn1)c1cccc(Br)n1. The van der Waals surface area contributed by atoms with Crippen molar-refractivity contribution in [2.24, 2.45) is 0 Å². The monoisotopic (exact) mass is 344 g/mol. The van der Waals surface area contributed by atoms with Gasteiger partial charge in [0.15, 0.2) is 0 Å². The molecule has 21 heavy (non-hydrogen) atoms. The minimum absolute atomic E-state index is 0.308. The number of benzene rings is 1. The molecule has 0 saturated heterocycles. The Morgan fingerprint density at radius 3 is 2.76 bits per heavy atom. The highest BCUT2D eigenvalue weighted by atomic mass is 79.9. The Bertz CT molecular complexity index is 774. The van der Waals surface area contributed by atoms with Crippen molar-refractivity contribution in [2.75, 3.05) is 5.32 Å². The van der Waals surface area contributed by atoms with Crippen LogP contribution in [0.3, 0.4) is 0 Å². The van der Waals surface area contributed by atoms with Crippen LogP contribution in [0.15, 0.2) is 53.4 Å². The van der Waals surface area contributed by atoms with Crippen molar-refractivity contribution in [3.8, 4) is 5.69 Å². The largest absolute Gasteiger partial charge is 0.319 e. The summed E-state index contributed by atoms with van der Waals surface area (Å²) in [5, 5.41) is 13.8. The first-order chi connectivity index (χ1) is 10.2. The van der Waals surface area contributed by atoms with Crippen LogP contribution < -0.4 is 5.32 Å². The Morgan fingerprint density at radius 2 is 2.00 bits per heavy atom. The maximum absolute atomic E-state index is 12.2. The molecule has 2 heterocycles. The van der Waals surface area contributed by atoms with E-state index in [1.54, 1.807) is 30.3 Å². The fraction of sp³-hybridized carbons (Fsp3) is 0. The molecule has 3 aromatic rings. The first-order valence-corrected chi connectivity index (χ1v) is 6.79. The minimum atomic E-state index is -0.308. The maximum atomic E-state index is 12.2. The van der Waals surface area contributed by atoms with E-state index < -0.39 is 0 Å². The van der Waals surface area contributed by atoms with Crippen LogP contribution in [0.5, 0.6) is 0 Å². The molecule has 0 aliphatic rings. The number of nitrogens with one attached hydrogen (secondary N) is 1. The summed E-state index contributed by atoms with van der Waals surface area (Å²) in [5.41, 5.74) is 1.58. The first kappa shape index (κ1) is 13.4. The number of anilines is 1. The second kappa shape index (κ2) is 5.80. The molecule has 8 heteroatoms. The molecule has 0 aliphatic heterocycles. The van der Waals surface area contributed by atoms with E-state index >= 15 is 0 Å². The number of hydrogen-bond donors (Lipinski definition) is 1. The van der Waals surface area contributed by atoms with E-state index in [0.29, 0.717) is 21.7 Å². The van der Waals surface area contributed by atoms with Gasteiger partial charge in [0.2, 0.25) is 0 Å². The van der Waals surface area contributed by atoms with Crippen molar-refractivity contribution in [3.05, 3.63) is 59.1 Å². The number of tetrazole rings is 1. The van der Waals surface area contributed by atoms with Crippen LogP contribution >= 0.6 is 15.9 Å². The Balaban J connectivity index is 1.90. The van der Waals surface area contributed by atoms with Gasteiger partial charge >= 0.3 is 0 Å². The molecule has 0 aliphatic carbocycles. The smallest absolute Gasteiger partial charge is 0.274 e. The fourth-order valence-corrected chi connectivity index (χ4v) is 2.12. The van der Waals surface area contributed by atoms with E-state index in [2.05, 4.69) is 41.8 Å². The lowest BCUT2D eigenvalue weighted by molar-refractivity contribution is 0.102. The molecule has 0 radical (unpaired) electrons. The highest BCUT2D eigenvalue weighted by Crippen LogP contribution is 2.19.